The van der Waals surface area contributed by atoms with Crippen molar-refractivity contribution in [3.8, 4) is 0 Å². The van der Waals surface area contributed by atoms with Crippen LogP contribution in [0.4, 0.5) is 0 Å². The number of carbonyl (C=O) groups excluding carboxylic acids is 1. The Hall–Kier alpha value is -2.41. The summed E-state index contributed by atoms with van der Waals surface area (Å²) >= 11 is 0. The van der Waals surface area contributed by atoms with Gasteiger partial charge in [-0.05, 0) is 30.2 Å². The van der Waals surface area contributed by atoms with Crippen LogP contribution in [0.2, 0.25) is 0 Å². The third-order valence-corrected chi connectivity index (χ3v) is 2.40. The summed E-state index contributed by atoms with van der Waals surface area (Å²) in [5.41, 5.74) is 1.91. The molecule has 0 fully saturated rings. The zero-order valence-electron chi connectivity index (χ0n) is 11.1. The smallest absolute Gasteiger partial charge is 0.178 e. The average Bonchev–Trinajstić information content (AvgIpc) is 2.46. The summed E-state index contributed by atoms with van der Waals surface area (Å²) in [6, 6.07) is 9.73. The largest absolute Gasteiger partial charge is 0.290 e. The molecule has 0 saturated heterocycles. The van der Waals surface area contributed by atoms with Gasteiger partial charge in [0.05, 0.1) is 0 Å². The van der Waals surface area contributed by atoms with Crippen molar-refractivity contribution in [2.75, 3.05) is 0 Å². The van der Waals surface area contributed by atoms with Crippen molar-refractivity contribution in [3.63, 3.8) is 0 Å². The molecule has 0 aliphatic rings. The van der Waals surface area contributed by atoms with E-state index in [-0.39, 0.29) is 5.78 Å². The highest BCUT2D eigenvalue weighted by Gasteiger charge is 1.90. The van der Waals surface area contributed by atoms with Gasteiger partial charge < -0.3 is 0 Å². The maximum Gasteiger partial charge on any atom is 0.178 e. The van der Waals surface area contributed by atoms with Gasteiger partial charge in [-0.2, -0.15) is 0 Å². The molecule has 0 heterocycles. The minimum Gasteiger partial charge on any atom is -0.290 e. The van der Waals surface area contributed by atoms with Gasteiger partial charge in [0.1, 0.15) is 0 Å². The summed E-state index contributed by atoms with van der Waals surface area (Å²) in [7, 11) is 0. The zero-order chi connectivity index (χ0) is 13.9. The molecule has 1 aromatic rings. The molecule has 0 aromatic heterocycles. The van der Waals surface area contributed by atoms with Gasteiger partial charge in [-0.25, -0.2) is 0 Å². The van der Waals surface area contributed by atoms with Crippen LogP contribution in [0.15, 0.2) is 85.0 Å². The van der Waals surface area contributed by atoms with Gasteiger partial charge >= 0.3 is 0 Å². The molecular weight excluding hydrogens is 232 g/mol. The molecule has 1 nitrogen and oxygen atoms in total. The molecule has 0 amide bonds. The molecule has 0 saturated carbocycles. The van der Waals surface area contributed by atoms with Gasteiger partial charge in [0, 0.05) is 0 Å². The second-order valence-corrected chi connectivity index (χ2v) is 3.88. The molecule has 0 bridgehead atoms. The molecule has 1 aromatic carbocycles. The predicted molar refractivity (Wildman–Crippen MR) is 82.7 cm³/mol. The van der Waals surface area contributed by atoms with Crippen LogP contribution in [-0.2, 0) is 4.79 Å². The van der Waals surface area contributed by atoms with E-state index in [2.05, 4.69) is 6.58 Å². The Labute approximate surface area is 115 Å². The van der Waals surface area contributed by atoms with Gasteiger partial charge in [-0.3, -0.25) is 4.79 Å². The average molecular weight is 250 g/mol. The van der Waals surface area contributed by atoms with E-state index in [0.717, 1.165) is 11.1 Å². The number of hydrogen-bond acceptors (Lipinski definition) is 1. The monoisotopic (exact) mass is 250 g/mol. The molecule has 0 spiro atoms. The van der Waals surface area contributed by atoms with Crippen LogP contribution in [0.3, 0.4) is 0 Å². The first-order valence-electron chi connectivity index (χ1n) is 6.17. The SMILES string of the molecule is C=CC(/C=C/C(=O)/C=C/c1ccccc1)=C\C=C/C. The predicted octanol–water partition coefficient (Wildman–Crippen LogP) is 4.51. The maximum atomic E-state index is 11.7. The van der Waals surface area contributed by atoms with Crippen molar-refractivity contribution < 1.29 is 4.79 Å². The van der Waals surface area contributed by atoms with Crippen LogP contribution in [0.1, 0.15) is 12.5 Å². The third kappa shape index (κ3) is 6.18. The molecule has 0 aliphatic heterocycles. The second kappa shape index (κ2) is 8.65. The fourth-order valence-electron chi connectivity index (χ4n) is 1.38. The Morgan fingerprint density at radius 2 is 1.84 bits per heavy atom. The van der Waals surface area contributed by atoms with E-state index in [4.69, 9.17) is 0 Å². The number of ketones is 1. The maximum absolute atomic E-state index is 11.7. The lowest BCUT2D eigenvalue weighted by Gasteiger charge is -1.91. The molecule has 0 aliphatic carbocycles. The molecule has 96 valence electrons. The standard InChI is InChI=1S/C18H18O/c1-3-5-9-16(4-2)12-14-18(19)15-13-17-10-7-6-8-11-17/h3-15H,2H2,1H3/b5-3-,14-12+,15-13+,16-9+. The van der Waals surface area contributed by atoms with E-state index in [0.29, 0.717) is 0 Å². The Kier molecular flexibility index (Phi) is 6.67. The highest BCUT2D eigenvalue weighted by Crippen LogP contribution is 2.02. The van der Waals surface area contributed by atoms with E-state index >= 15 is 0 Å². The van der Waals surface area contributed by atoms with Gasteiger partial charge in [-0.15, -0.1) is 0 Å². The van der Waals surface area contributed by atoms with Crippen LogP contribution in [0.25, 0.3) is 6.08 Å². The van der Waals surface area contributed by atoms with Crippen molar-refractivity contribution in [2.24, 2.45) is 0 Å². The van der Waals surface area contributed by atoms with Crippen LogP contribution in [0.5, 0.6) is 0 Å². The zero-order valence-corrected chi connectivity index (χ0v) is 11.1. The lowest BCUT2D eigenvalue weighted by Crippen LogP contribution is -1.85. The summed E-state index contributed by atoms with van der Waals surface area (Å²) < 4.78 is 0. The van der Waals surface area contributed by atoms with Crippen LogP contribution in [0, 0.1) is 0 Å². The number of benzene rings is 1. The van der Waals surface area contributed by atoms with E-state index in [1.54, 1.807) is 24.3 Å². The second-order valence-electron chi connectivity index (χ2n) is 3.88. The quantitative estimate of drug-likeness (QED) is 0.536. The lowest BCUT2D eigenvalue weighted by molar-refractivity contribution is -0.110. The number of rotatable bonds is 6. The normalized spacial score (nSPS) is 12.6. The number of carbonyl (C=O) groups is 1. The summed E-state index contributed by atoms with van der Waals surface area (Å²) in [5.74, 6) is -0.0444. The van der Waals surface area contributed by atoms with Gasteiger partial charge in [0.25, 0.3) is 0 Å². The highest BCUT2D eigenvalue weighted by molar-refractivity contribution is 6.02. The first-order valence-corrected chi connectivity index (χ1v) is 6.17. The first kappa shape index (κ1) is 14.7. The fraction of sp³-hybridized carbons (Fsp3) is 0.0556. The molecule has 19 heavy (non-hydrogen) atoms. The summed E-state index contributed by atoms with van der Waals surface area (Å²) in [6.07, 6.45) is 14.1. The van der Waals surface area contributed by atoms with Gasteiger partial charge in [0.15, 0.2) is 5.78 Å². The van der Waals surface area contributed by atoms with Gasteiger partial charge in [-0.1, -0.05) is 73.4 Å². The minimum atomic E-state index is -0.0444. The lowest BCUT2D eigenvalue weighted by atomic mass is 10.1. The third-order valence-electron chi connectivity index (χ3n) is 2.40. The molecule has 0 unspecified atom stereocenters. The Morgan fingerprint density at radius 3 is 2.47 bits per heavy atom. The van der Waals surface area contributed by atoms with Crippen molar-refractivity contribution in [1.29, 1.82) is 0 Å². The fourth-order valence-corrected chi connectivity index (χ4v) is 1.38. The molecule has 0 radical (unpaired) electrons. The van der Waals surface area contributed by atoms with Crippen molar-refractivity contribution >= 4 is 11.9 Å². The minimum absolute atomic E-state index is 0.0444. The van der Waals surface area contributed by atoms with Gasteiger partial charge in [0.2, 0.25) is 0 Å². The number of hydrogen-bond donors (Lipinski definition) is 0. The summed E-state index contributed by atoms with van der Waals surface area (Å²) in [4.78, 5) is 11.7. The Bertz CT molecular complexity index is 528. The molecule has 0 atom stereocenters. The topological polar surface area (TPSA) is 17.1 Å². The highest BCUT2D eigenvalue weighted by atomic mass is 16.1. The number of allylic oxidation sites excluding steroid dienone is 8. The summed E-state index contributed by atoms with van der Waals surface area (Å²) in [6.45, 7) is 5.64. The van der Waals surface area contributed by atoms with Crippen molar-refractivity contribution in [2.45, 2.75) is 6.92 Å². The summed E-state index contributed by atoms with van der Waals surface area (Å²) in [5, 5.41) is 0. The van der Waals surface area contributed by atoms with E-state index in [1.807, 2.05) is 55.5 Å². The first-order chi connectivity index (χ1) is 9.26. The van der Waals surface area contributed by atoms with Crippen LogP contribution < -0.4 is 0 Å². The Morgan fingerprint density at radius 1 is 1.11 bits per heavy atom. The molecule has 0 N–H and O–H groups in total. The van der Waals surface area contributed by atoms with Crippen LogP contribution >= 0.6 is 0 Å². The van der Waals surface area contributed by atoms with Crippen molar-refractivity contribution in [3.05, 3.63) is 90.6 Å². The van der Waals surface area contributed by atoms with Crippen molar-refractivity contribution in [1.82, 2.24) is 0 Å². The molecule has 1 heteroatoms. The Balaban J connectivity index is 2.65. The van der Waals surface area contributed by atoms with E-state index in [1.165, 1.54) is 6.08 Å². The van der Waals surface area contributed by atoms with Crippen LogP contribution in [-0.4, -0.2) is 5.78 Å². The van der Waals surface area contributed by atoms with E-state index < -0.39 is 0 Å². The van der Waals surface area contributed by atoms with E-state index in [9.17, 15) is 4.79 Å². The molecule has 1 rings (SSSR count). The molecular formula is C18H18O.